The van der Waals surface area contributed by atoms with E-state index in [4.69, 9.17) is 14.6 Å². The average molecular weight is 250 g/mol. The number of aliphatic hydroxyl groups excluding tert-OH is 1. The van der Waals surface area contributed by atoms with Gasteiger partial charge in [0.1, 0.15) is 0 Å². The van der Waals surface area contributed by atoms with Crippen LogP contribution >= 0.6 is 0 Å². The Morgan fingerprint density at radius 3 is 2.41 bits per heavy atom. The van der Waals surface area contributed by atoms with Crippen molar-refractivity contribution >= 4 is 0 Å². The molecule has 0 fully saturated rings. The maximum Gasteiger partial charge on any atom is 0.418 e. The molecule has 0 aliphatic rings. The Balaban J connectivity index is 3.05. The van der Waals surface area contributed by atoms with Crippen molar-refractivity contribution in [2.75, 3.05) is 13.7 Å². The van der Waals surface area contributed by atoms with Crippen LogP contribution in [0.2, 0.25) is 0 Å². The highest BCUT2D eigenvalue weighted by atomic mass is 19.4. The van der Waals surface area contributed by atoms with Crippen molar-refractivity contribution in [2.24, 2.45) is 0 Å². The maximum absolute atomic E-state index is 12.3. The van der Waals surface area contributed by atoms with Crippen LogP contribution in [-0.2, 0) is 0 Å². The summed E-state index contributed by atoms with van der Waals surface area (Å²) in [7, 11) is 1.32. The Kier molecular flexibility index (Phi) is 4.22. The van der Waals surface area contributed by atoms with E-state index in [1.807, 2.05) is 0 Å². The first-order valence-corrected chi connectivity index (χ1v) is 4.95. The van der Waals surface area contributed by atoms with Crippen molar-refractivity contribution < 1.29 is 27.8 Å². The van der Waals surface area contributed by atoms with Gasteiger partial charge in [0.15, 0.2) is 17.6 Å². The summed E-state index contributed by atoms with van der Waals surface area (Å²) in [5, 5.41) is 9.08. The Bertz CT molecular complexity index is 377. The van der Waals surface area contributed by atoms with E-state index in [2.05, 4.69) is 0 Å². The lowest BCUT2D eigenvalue weighted by molar-refractivity contribution is -0.206. The second-order valence-electron chi connectivity index (χ2n) is 3.29. The van der Waals surface area contributed by atoms with Gasteiger partial charge in [-0.15, -0.1) is 0 Å². The molecule has 3 nitrogen and oxygen atoms in total. The van der Waals surface area contributed by atoms with Crippen LogP contribution in [0.4, 0.5) is 13.2 Å². The van der Waals surface area contributed by atoms with Gasteiger partial charge in [-0.05, 0) is 24.6 Å². The average Bonchev–Trinajstić information content (AvgIpc) is 2.28. The molecule has 17 heavy (non-hydrogen) atoms. The maximum atomic E-state index is 12.3. The number of halogens is 3. The van der Waals surface area contributed by atoms with Crippen molar-refractivity contribution in [1.82, 2.24) is 0 Å². The predicted octanol–water partition coefficient (Wildman–Crippen LogP) is 2.69. The third-order valence-electron chi connectivity index (χ3n) is 2.11. The van der Waals surface area contributed by atoms with Gasteiger partial charge in [-0.3, -0.25) is 0 Å². The van der Waals surface area contributed by atoms with Crippen LogP contribution < -0.4 is 9.47 Å². The van der Waals surface area contributed by atoms with Crippen LogP contribution in [0.5, 0.6) is 11.5 Å². The second-order valence-corrected chi connectivity index (χ2v) is 3.29. The van der Waals surface area contributed by atoms with Crippen molar-refractivity contribution in [3.05, 3.63) is 23.8 Å². The minimum atomic E-state index is -4.70. The topological polar surface area (TPSA) is 38.7 Å². The second kappa shape index (κ2) is 5.27. The minimum Gasteiger partial charge on any atom is -0.493 e. The lowest BCUT2D eigenvalue weighted by atomic mass is 10.1. The molecule has 0 saturated heterocycles. The van der Waals surface area contributed by atoms with E-state index in [1.165, 1.54) is 13.2 Å². The smallest absolute Gasteiger partial charge is 0.418 e. The number of alkyl halides is 3. The van der Waals surface area contributed by atoms with Gasteiger partial charge < -0.3 is 14.6 Å². The zero-order valence-corrected chi connectivity index (χ0v) is 9.41. The summed E-state index contributed by atoms with van der Waals surface area (Å²) in [5.41, 5.74) is -0.280. The van der Waals surface area contributed by atoms with E-state index in [1.54, 1.807) is 6.92 Å². The molecule has 1 unspecified atom stereocenters. The van der Waals surface area contributed by atoms with Gasteiger partial charge in [-0.1, -0.05) is 6.07 Å². The van der Waals surface area contributed by atoms with Gasteiger partial charge in [0.05, 0.1) is 13.7 Å². The number of rotatable bonds is 4. The zero-order chi connectivity index (χ0) is 13.1. The molecule has 0 radical (unpaired) electrons. The van der Waals surface area contributed by atoms with E-state index in [-0.39, 0.29) is 11.3 Å². The molecule has 0 heterocycles. The first-order chi connectivity index (χ1) is 7.90. The van der Waals surface area contributed by atoms with Crippen LogP contribution in [0.1, 0.15) is 18.6 Å². The van der Waals surface area contributed by atoms with E-state index in [9.17, 15) is 13.2 Å². The summed E-state index contributed by atoms with van der Waals surface area (Å²) in [6, 6.07) is 3.61. The molecule has 1 aromatic carbocycles. The monoisotopic (exact) mass is 250 g/mol. The zero-order valence-electron chi connectivity index (χ0n) is 9.41. The lowest BCUT2D eigenvalue weighted by Crippen LogP contribution is -2.20. The van der Waals surface area contributed by atoms with Crippen molar-refractivity contribution in [2.45, 2.75) is 19.2 Å². The number of benzene rings is 1. The summed E-state index contributed by atoms with van der Waals surface area (Å²) in [6.07, 6.45) is -7.22. The van der Waals surface area contributed by atoms with Crippen LogP contribution in [0, 0.1) is 0 Å². The number of ether oxygens (including phenoxy) is 2. The number of hydrogen-bond donors (Lipinski definition) is 1. The van der Waals surface area contributed by atoms with Crippen molar-refractivity contribution in [3.63, 3.8) is 0 Å². The molecule has 0 aromatic heterocycles. The molecule has 0 spiro atoms. The molecule has 1 aromatic rings. The van der Waals surface area contributed by atoms with Gasteiger partial charge in [-0.2, -0.15) is 13.2 Å². The molecule has 96 valence electrons. The molecule has 1 N–H and O–H groups in total. The Morgan fingerprint density at radius 1 is 1.29 bits per heavy atom. The first-order valence-electron chi connectivity index (χ1n) is 4.95. The number of methoxy groups -OCH3 is 1. The highest BCUT2D eigenvalue weighted by Crippen LogP contribution is 2.36. The normalized spacial score (nSPS) is 13.3. The molecule has 1 atom stereocenters. The summed E-state index contributed by atoms with van der Waals surface area (Å²) >= 11 is 0. The third-order valence-corrected chi connectivity index (χ3v) is 2.11. The van der Waals surface area contributed by atoms with Crippen molar-refractivity contribution in [3.8, 4) is 11.5 Å². The highest BCUT2D eigenvalue weighted by Gasteiger charge is 2.39. The molecular formula is C11H13F3O3. The Morgan fingerprint density at radius 2 is 1.94 bits per heavy atom. The van der Waals surface area contributed by atoms with Crippen LogP contribution in [0.15, 0.2) is 18.2 Å². The molecule has 0 saturated carbocycles. The SMILES string of the molecule is CCOc1ccc(C(O)C(F)(F)F)cc1OC. The van der Waals surface area contributed by atoms with Gasteiger partial charge in [0, 0.05) is 0 Å². The molecule has 0 aliphatic heterocycles. The van der Waals surface area contributed by atoms with Crippen LogP contribution in [0.3, 0.4) is 0 Å². The largest absolute Gasteiger partial charge is 0.493 e. The van der Waals surface area contributed by atoms with Crippen LogP contribution in [0.25, 0.3) is 0 Å². The highest BCUT2D eigenvalue weighted by molar-refractivity contribution is 5.43. The van der Waals surface area contributed by atoms with Gasteiger partial charge in [-0.25, -0.2) is 0 Å². The Hall–Kier alpha value is -1.43. The van der Waals surface area contributed by atoms with Gasteiger partial charge in [0.25, 0.3) is 0 Å². The molecule has 6 heteroatoms. The van der Waals surface area contributed by atoms with Crippen molar-refractivity contribution in [1.29, 1.82) is 0 Å². The third kappa shape index (κ3) is 3.26. The predicted molar refractivity (Wildman–Crippen MR) is 55.2 cm³/mol. The summed E-state index contributed by atoms with van der Waals surface area (Å²) in [6.45, 7) is 2.12. The fraction of sp³-hybridized carbons (Fsp3) is 0.455. The molecule has 0 aliphatic carbocycles. The molecular weight excluding hydrogens is 237 g/mol. The molecule has 1 rings (SSSR count). The lowest BCUT2D eigenvalue weighted by Gasteiger charge is -2.17. The fourth-order valence-corrected chi connectivity index (χ4v) is 1.32. The standard InChI is InChI=1S/C11H13F3O3/c1-3-17-8-5-4-7(6-9(8)16-2)10(15)11(12,13)14/h4-6,10,15H,3H2,1-2H3. The first kappa shape index (κ1) is 13.6. The number of hydrogen-bond acceptors (Lipinski definition) is 3. The fourth-order valence-electron chi connectivity index (χ4n) is 1.32. The Labute approximate surface area is 96.8 Å². The molecule has 0 bridgehead atoms. The molecule has 0 amide bonds. The van der Waals surface area contributed by atoms with E-state index < -0.39 is 12.3 Å². The van der Waals surface area contributed by atoms with Gasteiger partial charge >= 0.3 is 6.18 Å². The number of aliphatic hydroxyl groups is 1. The summed E-state index contributed by atoms with van der Waals surface area (Å²) in [4.78, 5) is 0. The summed E-state index contributed by atoms with van der Waals surface area (Å²) < 4.78 is 46.9. The van der Waals surface area contributed by atoms with E-state index in [0.29, 0.717) is 12.4 Å². The summed E-state index contributed by atoms with van der Waals surface area (Å²) in [5.74, 6) is 0.501. The van der Waals surface area contributed by atoms with Crippen LogP contribution in [-0.4, -0.2) is 25.0 Å². The van der Waals surface area contributed by atoms with Gasteiger partial charge in [0.2, 0.25) is 0 Å². The quantitative estimate of drug-likeness (QED) is 0.892. The van der Waals surface area contributed by atoms with E-state index in [0.717, 1.165) is 12.1 Å². The minimum absolute atomic E-state index is 0.160. The van der Waals surface area contributed by atoms with E-state index >= 15 is 0 Å².